The van der Waals surface area contributed by atoms with Gasteiger partial charge < -0.3 is 4.57 Å². The molecule has 1 aromatic heterocycles. The Kier molecular flexibility index (Phi) is 3.87. The Labute approximate surface area is 107 Å². The minimum absolute atomic E-state index is 0.368. The zero-order valence-electron chi connectivity index (χ0n) is 10.7. The number of rotatable bonds is 5. The van der Waals surface area contributed by atoms with Gasteiger partial charge in [0.05, 0.1) is 0 Å². The number of hydrogen-bond donors (Lipinski definition) is 0. The maximum absolute atomic E-state index is 10.8. The third-order valence-electron chi connectivity index (χ3n) is 3.25. The van der Waals surface area contributed by atoms with Gasteiger partial charge in [0.2, 0.25) is 0 Å². The third kappa shape index (κ3) is 2.64. The number of carbonyl (C=O) groups is 1. The summed E-state index contributed by atoms with van der Waals surface area (Å²) >= 11 is 0. The second-order valence-electron chi connectivity index (χ2n) is 4.46. The van der Waals surface area contributed by atoms with Gasteiger partial charge in [0.15, 0.2) is 0 Å². The van der Waals surface area contributed by atoms with Crippen molar-refractivity contribution >= 4 is 6.29 Å². The number of nitrogens with zero attached hydrogens (tertiary/aromatic N) is 3. The first-order chi connectivity index (χ1) is 8.74. The molecule has 1 atom stereocenters. The quantitative estimate of drug-likeness (QED) is 0.757. The molecule has 0 aliphatic rings. The summed E-state index contributed by atoms with van der Waals surface area (Å²) in [7, 11) is 1.95. The summed E-state index contributed by atoms with van der Waals surface area (Å²) in [6.07, 6.45) is 4.45. The van der Waals surface area contributed by atoms with Crippen molar-refractivity contribution in [1.29, 1.82) is 0 Å². The zero-order chi connectivity index (χ0) is 13.0. The van der Waals surface area contributed by atoms with Crippen molar-refractivity contribution in [3.8, 4) is 0 Å². The number of aldehydes is 1. The van der Waals surface area contributed by atoms with Crippen LogP contribution < -0.4 is 0 Å². The number of hydrogen-bond acceptors (Lipinski definition) is 3. The molecule has 18 heavy (non-hydrogen) atoms. The van der Waals surface area contributed by atoms with Crippen LogP contribution in [0.25, 0.3) is 0 Å². The van der Waals surface area contributed by atoms with Gasteiger partial charge in [-0.15, -0.1) is 10.2 Å². The number of carbonyl (C=O) groups excluding carboxylic acids is 1. The molecule has 0 bridgehead atoms. The van der Waals surface area contributed by atoms with Crippen molar-refractivity contribution in [2.75, 3.05) is 0 Å². The summed E-state index contributed by atoms with van der Waals surface area (Å²) in [5, 5.41) is 8.01. The van der Waals surface area contributed by atoms with Crippen molar-refractivity contribution in [1.82, 2.24) is 14.8 Å². The summed E-state index contributed by atoms with van der Waals surface area (Å²) in [6, 6.07) is 7.78. The molecule has 1 aromatic carbocycles. The molecule has 4 nitrogen and oxygen atoms in total. The maximum Gasteiger partial charge on any atom is 0.150 e. The smallest absolute Gasteiger partial charge is 0.150 e. The average molecular weight is 243 g/mol. The van der Waals surface area contributed by atoms with Crippen LogP contribution in [0.5, 0.6) is 0 Å². The van der Waals surface area contributed by atoms with E-state index in [1.165, 1.54) is 5.56 Å². The highest BCUT2D eigenvalue weighted by Gasteiger charge is 2.13. The second-order valence-corrected chi connectivity index (χ2v) is 4.46. The Morgan fingerprint density at radius 1 is 1.44 bits per heavy atom. The van der Waals surface area contributed by atoms with E-state index in [1.807, 2.05) is 29.8 Å². The molecule has 0 saturated heterocycles. The lowest BCUT2D eigenvalue weighted by Gasteiger charge is -2.15. The van der Waals surface area contributed by atoms with Crippen LogP contribution in [0.15, 0.2) is 30.6 Å². The van der Waals surface area contributed by atoms with E-state index in [0.29, 0.717) is 5.92 Å². The Morgan fingerprint density at radius 2 is 2.28 bits per heavy atom. The Morgan fingerprint density at radius 3 is 2.89 bits per heavy atom. The number of aryl methyl sites for hydroxylation is 1. The van der Waals surface area contributed by atoms with Crippen molar-refractivity contribution < 1.29 is 4.79 Å². The van der Waals surface area contributed by atoms with E-state index in [1.54, 1.807) is 6.33 Å². The van der Waals surface area contributed by atoms with Gasteiger partial charge in [-0.05, 0) is 24.0 Å². The lowest BCUT2D eigenvalue weighted by Crippen LogP contribution is -2.07. The summed E-state index contributed by atoms with van der Waals surface area (Å²) in [5.74, 6) is 1.34. The van der Waals surface area contributed by atoms with E-state index in [2.05, 4.69) is 23.2 Å². The second kappa shape index (κ2) is 5.58. The molecular formula is C14H17N3O. The van der Waals surface area contributed by atoms with Gasteiger partial charge in [-0.1, -0.05) is 25.1 Å². The number of aromatic nitrogens is 3. The first-order valence-electron chi connectivity index (χ1n) is 6.12. The standard InChI is InChI=1S/C14H17N3O/c1-3-12(8-14-16-15-10-17(14)2)13-6-4-5-11(7-13)9-18/h4-7,9-10,12H,3,8H2,1-2H3. The molecule has 94 valence electrons. The molecule has 0 radical (unpaired) electrons. The molecule has 0 spiro atoms. The first kappa shape index (κ1) is 12.5. The molecule has 0 aliphatic heterocycles. The van der Waals surface area contributed by atoms with E-state index in [4.69, 9.17) is 0 Å². The molecular weight excluding hydrogens is 226 g/mol. The molecule has 0 aliphatic carbocycles. The van der Waals surface area contributed by atoms with Crippen molar-refractivity contribution in [2.45, 2.75) is 25.7 Å². The highest BCUT2D eigenvalue weighted by atomic mass is 16.1. The predicted molar refractivity (Wildman–Crippen MR) is 69.6 cm³/mol. The molecule has 0 fully saturated rings. The monoisotopic (exact) mass is 243 g/mol. The van der Waals surface area contributed by atoms with Crippen LogP contribution in [-0.4, -0.2) is 21.1 Å². The third-order valence-corrected chi connectivity index (χ3v) is 3.25. The van der Waals surface area contributed by atoms with Crippen LogP contribution in [-0.2, 0) is 13.5 Å². The van der Waals surface area contributed by atoms with Gasteiger partial charge in [0, 0.05) is 19.0 Å². The molecule has 0 N–H and O–H groups in total. The predicted octanol–water partition coefficient (Wildman–Crippen LogP) is 2.36. The summed E-state index contributed by atoms with van der Waals surface area (Å²) in [6.45, 7) is 2.15. The van der Waals surface area contributed by atoms with Gasteiger partial charge in [-0.2, -0.15) is 0 Å². The van der Waals surface area contributed by atoms with Gasteiger partial charge in [0.1, 0.15) is 18.4 Å². The minimum Gasteiger partial charge on any atom is -0.321 e. The summed E-state index contributed by atoms with van der Waals surface area (Å²) < 4.78 is 1.94. The fourth-order valence-electron chi connectivity index (χ4n) is 2.10. The topological polar surface area (TPSA) is 47.8 Å². The minimum atomic E-state index is 0.368. The highest BCUT2D eigenvalue weighted by molar-refractivity contribution is 5.75. The molecule has 1 unspecified atom stereocenters. The van der Waals surface area contributed by atoms with Gasteiger partial charge in [-0.3, -0.25) is 4.79 Å². The molecule has 1 heterocycles. The largest absolute Gasteiger partial charge is 0.321 e. The van der Waals surface area contributed by atoms with E-state index < -0.39 is 0 Å². The van der Waals surface area contributed by atoms with Gasteiger partial charge in [-0.25, -0.2) is 0 Å². The van der Waals surface area contributed by atoms with Crippen LogP contribution in [0.4, 0.5) is 0 Å². The van der Waals surface area contributed by atoms with Crippen molar-refractivity contribution in [3.63, 3.8) is 0 Å². The molecule has 2 aromatic rings. The SMILES string of the molecule is CCC(Cc1nncn1C)c1cccc(C=O)c1. The molecule has 2 rings (SSSR count). The van der Waals surface area contributed by atoms with E-state index in [9.17, 15) is 4.79 Å². The Hall–Kier alpha value is -1.97. The molecule has 4 heteroatoms. The van der Waals surface area contributed by atoms with Gasteiger partial charge in [0.25, 0.3) is 0 Å². The van der Waals surface area contributed by atoms with E-state index >= 15 is 0 Å². The average Bonchev–Trinajstić information content (AvgIpc) is 2.81. The highest BCUT2D eigenvalue weighted by Crippen LogP contribution is 2.23. The lowest BCUT2D eigenvalue weighted by molar-refractivity contribution is 0.112. The number of benzene rings is 1. The molecule has 0 amide bonds. The maximum atomic E-state index is 10.8. The first-order valence-corrected chi connectivity index (χ1v) is 6.12. The van der Waals surface area contributed by atoms with Crippen molar-refractivity contribution in [2.24, 2.45) is 7.05 Å². The Bertz CT molecular complexity index is 533. The normalized spacial score (nSPS) is 12.3. The van der Waals surface area contributed by atoms with Gasteiger partial charge >= 0.3 is 0 Å². The van der Waals surface area contributed by atoms with E-state index in [-0.39, 0.29) is 0 Å². The Balaban J connectivity index is 2.22. The fraction of sp³-hybridized carbons (Fsp3) is 0.357. The van der Waals surface area contributed by atoms with Crippen LogP contribution in [0.2, 0.25) is 0 Å². The molecule has 0 saturated carbocycles. The lowest BCUT2D eigenvalue weighted by atomic mass is 9.92. The van der Waals surface area contributed by atoms with E-state index in [0.717, 1.165) is 30.5 Å². The van der Waals surface area contributed by atoms with Crippen LogP contribution in [0, 0.1) is 0 Å². The van der Waals surface area contributed by atoms with Crippen LogP contribution >= 0.6 is 0 Å². The fourth-order valence-corrected chi connectivity index (χ4v) is 2.10. The summed E-state index contributed by atoms with van der Waals surface area (Å²) in [5.41, 5.74) is 1.91. The van der Waals surface area contributed by atoms with Crippen molar-refractivity contribution in [3.05, 3.63) is 47.5 Å². The zero-order valence-corrected chi connectivity index (χ0v) is 10.7. The van der Waals surface area contributed by atoms with Crippen LogP contribution in [0.1, 0.15) is 41.0 Å². The van der Waals surface area contributed by atoms with Crippen LogP contribution in [0.3, 0.4) is 0 Å². The summed E-state index contributed by atoms with van der Waals surface area (Å²) in [4.78, 5) is 10.8.